The van der Waals surface area contributed by atoms with Crippen LogP contribution in [-0.4, -0.2) is 31.4 Å². The number of thiazole rings is 1. The van der Waals surface area contributed by atoms with E-state index in [1.54, 1.807) is 45.2 Å². The number of ether oxygens (including phenoxy) is 3. The van der Waals surface area contributed by atoms with Crippen LogP contribution in [0.5, 0.6) is 11.5 Å². The van der Waals surface area contributed by atoms with Gasteiger partial charge in [0, 0.05) is 21.7 Å². The summed E-state index contributed by atoms with van der Waals surface area (Å²) < 4.78 is 25.4. The van der Waals surface area contributed by atoms with E-state index >= 15 is 0 Å². The topological polar surface area (TPSA) is 92.3 Å². The normalized spacial score (nSPS) is 15.1. The molecule has 4 aromatic rings. The van der Waals surface area contributed by atoms with Crippen molar-refractivity contribution in [3.8, 4) is 22.8 Å². The molecule has 2 aromatic heterocycles. The molecule has 0 spiro atoms. The highest BCUT2D eigenvalue weighted by Gasteiger charge is 2.35. The maximum absolute atomic E-state index is 13.9. The van der Waals surface area contributed by atoms with E-state index in [-0.39, 0.29) is 17.7 Å². The summed E-state index contributed by atoms with van der Waals surface area (Å²) in [4.78, 5) is 32.1. The summed E-state index contributed by atoms with van der Waals surface area (Å²) in [5.74, 6) is 1.71. The molecule has 1 aliphatic heterocycles. The predicted molar refractivity (Wildman–Crippen MR) is 152 cm³/mol. The molecule has 0 aliphatic carbocycles. The number of carbonyl (C=O) groups is 1. The van der Waals surface area contributed by atoms with Gasteiger partial charge in [-0.05, 0) is 56.3 Å². The van der Waals surface area contributed by atoms with Crippen LogP contribution in [0.15, 0.2) is 84.5 Å². The zero-order chi connectivity index (χ0) is 27.7. The summed E-state index contributed by atoms with van der Waals surface area (Å²) in [7, 11) is 3.09. The van der Waals surface area contributed by atoms with Gasteiger partial charge in [0.15, 0.2) is 4.80 Å². The van der Waals surface area contributed by atoms with E-state index in [0.29, 0.717) is 43.6 Å². The summed E-state index contributed by atoms with van der Waals surface area (Å²) in [6, 6.07) is 15.9. The lowest BCUT2D eigenvalue weighted by Gasteiger charge is -2.26. The number of aromatic nitrogens is 1. The van der Waals surface area contributed by atoms with Gasteiger partial charge in [-0.2, -0.15) is 0 Å². The van der Waals surface area contributed by atoms with Crippen molar-refractivity contribution < 1.29 is 23.4 Å². The van der Waals surface area contributed by atoms with Crippen LogP contribution in [0.2, 0.25) is 0 Å². The standard InChI is InChI=1S/C29H25BrN2O6S/c1-5-37-28(34)25-16(2)31-29-32(26(25)21-14-19(35-3)10-13-23(21)36-4)27(33)24(39-29)15-20-11-12-22(38-20)17-6-8-18(30)9-7-17/h6-15,26H,5H2,1-4H3/b24-15+/t26-/m1/s1. The van der Waals surface area contributed by atoms with E-state index in [1.165, 1.54) is 23.0 Å². The Balaban J connectivity index is 1.68. The number of carbonyl (C=O) groups excluding carboxylic acids is 1. The lowest BCUT2D eigenvalue weighted by atomic mass is 9.95. The van der Waals surface area contributed by atoms with Crippen LogP contribution in [0.4, 0.5) is 0 Å². The number of fused-ring (bicyclic) bond motifs is 1. The molecule has 0 bridgehead atoms. The minimum atomic E-state index is -0.831. The minimum absolute atomic E-state index is 0.182. The number of halogens is 1. The molecule has 0 unspecified atom stereocenters. The highest BCUT2D eigenvalue weighted by Crippen LogP contribution is 2.37. The number of furan rings is 1. The van der Waals surface area contributed by atoms with Crippen molar-refractivity contribution in [2.45, 2.75) is 19.9 Å². The van der Waals surface area contributed by atoms with Crippen molar-refractivity contribution in [2.75, 3.05) is 20.8 Å². The lowest BCUT2D eigenvalue weighted by molar-refractivity contribution is -0.139. The first-order chi connectivity index (χ1) is 18.8. The molecular formula is C29H25BrN2O6S. The van der Waals surface area contributed by atoms with E-state index in [9.17, 15) is 9.59 Å². The van der Waals surface area contributed by atoms with Crippen molar-refractivity contribution in [2.24, 2.45) is 4.99 Å². The highest BCUT2D eigenvalue weighted by molar-refractivity contribution is 9.10. The van der Waals surface area contributed by atoms with Crippen molar-refractivity contribution in [1.29, 1.82) is 0 Å². The van der Waals surface area contributed by atoms with Gasteiger partial charge < -0.3 is 18.6 Å². The third kappa shape index (κ3) is 5.09. The van der Waals surface area contributed by atoms with Crippen molar-refractivity contribution in [3.63, 3.8) is 0 Å². The molecule has 3 heterocycles. The number of methoxy groups -OCH3 is 2. The first-order valence-electron chi connectivity index (χ1n) is 12.1. The average Bonchev–Trinajstić information content (AvgIpc) is 3.52. The third-order valence-corrected chi connectivity index (χ3v) is 7.79. The van der Waals surface area contributed by atoms with Crippen LogP contribution in [0.25, 0.3) is 17.4 Å². The Hall–Kier alpha value is -3.89. The molecule has 39 heavy (non-hydrogen) atoms. The number of allylic oxidation sites excluding steroid dienone is 1. The lowest BCUT2D eigenvalue weighted by Crippen LogP contribution is -2.40. The number of nitrogens with zero attached hydrogens (tertiary/aromatic N) is 2. The Kier molecular flexibility index (Phi) is 7.58. The molecule has 0 saturated carbocycles. The van der Waals surface area contributed by atoms with Gasteiger partial charge in [-0.3, -0.25) is 9.36 Å². The molecule has 0 saturated heterocycles. The number of hydrogen-bond acceptors (Lipinski definition) is 8. The molecule has 2 aromatic carbocycles. The molecule has 0 N–H and O–H groups in total. The number of rotatable bonds is 7. The Bertz CT molecular complexity index is 1760. The van der Waals surface area contributed by atoms with Crippen molar-refractivity contribution in [3.05, 3.63) is 101 Å². The molecule has 0 radical (unpaired) electrons. The van der Waals surface area contributed by atoms with Crippen molar-refractivity contribution in [1.82, 2.24) is 4.57 Å². The number of esters is 1. The smallest absolute Gasteiger partial charge is 0.338 e. The molecule has 1 atom stereocenters. The first kappa shape index (κ1) is 26.7. The largest absolute Gasteiger partial charge is 0.497 e. The number of hydrogen-bond donors (Lipinski definition) is 0. The number of benzene rings is 2. The average molecular weight is 609 g/mol. The Morgan fingerprint density at radius 2 is 1.90 bits per heavy atom. The SMILES string of the molecule is CCOC(=O)C1=C(C)N=c2s/c(=C/c3ccc(-c4ccc(Br)cc4)o3)c(=O)n2[C@@H]1c1cc(OC)ccc1OC. The fraction of sp³-hybridized carbons (Fsp3) is 0.207. The highest BCUT2D eigenvalue weighted by atomic mass is 79.9. The molecule has 0 fully saturated rings. The molecule has 8 nitrogen and oxygen atoms in total. The van der Waals surface area contributed by atoms with Gasteiger partial charge in [-0.15, -0.1) is 0 Å². The van der Waals surface area contributed by atoms with Crippen LogP contribution in [0, 0.1) is 0 Å². The zero-order valence-corrected chi connectivity index (χ0v) is 24.1. The van der Waals surface area contributed by atoms with E-state index in [1.807, 2.05) is 36.4 Å². The summed E-state index contributed by atoms with van der Waals surface area (Å²) in [5, 5.41) is 0. The fourth-order valence-electron chi connectivity index (χ4n) is 4.47. The van der Waals surface area contributed by atoms with Crippen LogP contribution >= 0.6 is 27.3 Å². The molecule has 10 heteroatoms. The van der Waals surface area contributed by atoms with Crippen LogP contribution < -0.4 is 24.4 Å². The summed E-state index contributed by atoms with van der Waals surface area (Å²) >= 11 is 4.66. The second-order valence-corrected chi connectivity index (χ2v) is 10.5. The maximum Gasteiger partial charge on any atom is 0.338 e. The van der Waals surface area contributed by atoms with Gasteiger partial charge in [0.1, 0.15) is 29.1 Å². The molecule has 5 rings (SSSR count). The van der Waals surface area contributed by atoms with Crippen LogP contribution in [0.1, 0.15) is 31.2 Å². The Morgan fingerprint density at radius 1 is 1.13 bits per heavy atom. The second kappa shape index (κ2) is 11.1. The Morgan fingerprint density at radius 3 is 2.59 bits per heavy atom. The maximum atomic E-state index is 13.9. The zero-order valence-electron chi connectivity index (χ0n) is 21.7. The summed E-state index contributed by atoms with van der Waals surface area (Å²) in [6.07, 6.45) is 1.69. The predicted octanol–water partition coefficient (Wildman–Crippen LogP) is 4.84. The molecule has 0 amide bonds. The Labute approximate surface area is 236 Å². The van der Waals surface area contributed by atoms with Crippen LogP contribution in [-0.2, 0) is 9.53 Å². The first-order valence-corrected chi connectivity index (χ1v) is 13.7. The van der Waals surface area contributed by atoms with Crippen LogP contribution in [0.3, 0.4) is 0 Å². The van der Waals surface area contributed by atoms with Gasteiger partial charge in [0.05, 0.1) is 36.6 Å². The molecule has 200 valence electrons. The fourth-order valence-corrected chi connectivity index (χ4v) is 5.76. The second-order valence-electron chi connectivity index (χ2n) is 8.62. The van der Waals surface area contributed by atoms with Gasteiger partial charge in [0.25, 0.3) is 5.56 Å². The summed E-state index contributed by atoms with van der Waals surface area (Å²) in [5.41, 5.74) is 1.91. The molecule has 1 aliphatic rings. The van der Waals surface area contributed by atoms with Gasteiger partial charge in [-0.1, -0.05) is 39.4 Å². The summed E-state index contributed by atoms with van der Waals surface area (Å²) in [6.45, 7) is 3.65. The molecular weight excluding hydrogens is 584 g/mol. The quantitative estimate of drug-likeness (QED) is 0.279. The third-order valence-electron chi connectivity index (χ3n) is 6.28. The van der Waals surface area contributed by atoms with Gasteiger partial charge in [-0.25, -0.2) is 9.79 Å². The van der Waals surface area contributed by atoms with Crippen molar-refractivity contribution >= 4 is 39.3 Å². The minimum Gasteiger partial charge on any atom is -0.497 e. The monoisotopic (exact) mass is 608 g/mol. The van der Waals surface area contributed by atoms with E-state index in [2.05, 4.69) is 20.9 Å². The van der Waals surface area contributed by atoms with E-state index in [4.69, 9.17) is 18.6 Å². The van der Waals surface area contributed by atoms with Gasteiger partial charge in [0.2, 0.25) is 0 Å². The van der Waals surface area contributed by atoms with Gasteiger partial charge >= 0.3 is 5.97 Å². The van der Waals surface area contributed by atoms with E-state index < -0.39 is 12.0 Å². The van der Waals surface area contributed by atoms with E-state index in [0.717, 1.165) is 10.0 Å².